The Morgan fingerprint density at radius 1 is 1.25 bits per heavy atom. The molecule has 0 radical (unpaired) electrons. The molecule has 3 rings (SSSR count). The van der Waals surface area contributed by atoms with Crippen LogP contribution in [0.5, 0.6) is 0 Å². The Bertz CT molecular complexity index is 524. The molecular weight excluding hydrogens is 262 g/mol. The minimum atomic E-state index is -2.93. The number of aryl methyl sites for hydroxylation is 1. The molecule has 1 saturated heterocycles. The highest BCUT2D eigenvalue weighted by Crippen LogP contribution is 2.55. The zero-order valence-corrected chi connectivity index (χ0v) is 11.5. The van der Waals surface area contributed by atoms with Gasteiger partial charge in [0.25, 0.3) is 5.92 Å². The van der Waals surface area contributed by atoms with E-state index in [1.165, 1.54) is 0 Å². The Morgan fingerprint density at radius 2 is 1.95 bits per heavy atom. The summed E-state index contributed by atoms with van der Waals surface area (Å²) in [5, 5.41) is 0. The number of rotatable bonds is 2. The predicted octanol–water partition coefficient (Wildman–Crippen LogP) is 3.66. The topological polar surface area (TPSA) is 26.3 Å². The number of hydrogen-bond acceptors (Lipinski definition) is 2. The number of hydrogen-bond donors (Lipinski definition) is 0. The summed E-state index contributed by atoms with van der Waals surface area (Å²) >= 11 is 0. The van der Waals surface area contributed by atoms with E-state index in [0.29, 0.717) is 12.8 Å². The molecule has 1 saturated carbocycles. The fourth-order valence-corrected chi connectivity index (χ4v) is 3.40. The van der Waals surface area contributed by atoms with Crippen LogP contribution in [0.1, 0.15) is 36.8 Å². The summed E-state index contributed by atoms with van der Waals surface area (Å²) in [6.07, 6.45) is 1.30. The van der Waals surface area contributed by atoms with Crippen LogP contribution in [0.4, 0.5) is 8.78 Å². The van der Waals surface area contributed by atoms with Crippen LogP contribution in [0.2, 0.25) is 0 Å². The fraction of sp³-hybridized carbons (Fsp3) is 0.562. The van der Waals surface area contributed by atoms with Crippen LogP contribution >= 0.6 is 0 Å². The minimum Gasteiger partial charge on any atom is -0.453 e. The normalized spacial score (nSPS) is 31.8. The van der Waals surface area contributed by atoms with E-state index in [-0.39, 0.29) is 19.3 Å². The third kappa shape index (κ3) is 2.02. The summed E-state index contributed by atoms with van der Waals surface area (Å²) in [7, 11) is 0. The molecule has 1 aromatic carbocycles. The molecule has 0 aromatic heterocycles. The summed E-state index contributed by atoms with van der Waals surface area (Å²) in [5.41, 5.74) is 0.509. The monoisotopic (exact) mass is 280 g/mol. The number of benzene rings is 1. The SMILES string of the molecule is Cc1ccc(CC2CCC3(CCC(=O)O3)C2(F)F)cc1. The first-order valence-electron chi connectivity index (χ1n) is 7.08. The highest BCUT2D eigenvalue weighted by Gasteiger charge is 2.66. The first-order valence-corrected chi connectivity index (χ1v) is 7.08. The van der Waals surface area contributed by atoms with Gasteiger partial charge in [-0.2, -0.15) is 0 Å². The van der Waals surface area contributed by atoms with E-state index in [1.807, 2.05) is 31.2 Å². The predicted molar refractivity (Wildman–Crippen MR) is 70.6 cm³/mol. The molecule has 1 aromatic rings. The van der Waals surface area contributed by atoms with Crippen molar-refractivity contribution in [3.63, 3.8) is 0 Å². The highest BCUT2D eigenvalue weighted by atomic mass is 19.3. The van der Waals surface area contributed by atoms with Crippen LogP contribution in [-0.2, 0) is 16.0 Å². The zero-order valence-electron chi connectivity index (χ0n) is 11.5. The second-order valence-corrected chi connectivity index (χ2v) is 6.02. The van der Waals surface area contributed by atoms with Crippen LogP contribution in [-0.4, -0.2) is 17.5 Å². The van der Waals surface area contributed by atoms with Crippen molar-refractivity contribution in [2.75, 3.05) is 0 Å². The number of carbonyl (C=O) groups excluding carboxylic acids is 1. The van der Waals surface area contributed by atoms with Crippen LogP contribution < -0.4 is 0 Å². The van der Waals surface area contributed by atoms with Crippen molar-refractivity contribution < 1.29 is 18.3 Å². The van der Waals surface area contributed by atoms with E-state index in [0.717, 1.165) is 11.1 Å². The molecule has 1 aliphatic carbocycles. The summed E-state index contributed by atoms with van der Waals surface area (Å²) in [6, 6.07) is 7.68. The second kappa shape index (κ2) is 4.54. The lowest BCUT2D eigenvalue weighted by Crippen LogP contribution is -2.46. The van der Waals surface area contributed by atoms with E-state index in [1.54, 1.807) is 0 Å². The Labute approximate surface area is 117 Å². The molecule has 2 fully saturated rings. The molecule has 1 spiro atoms. The Hall–Kier alpha value is -1.45. The molecule has 0 amide bonds. The van der Waals surface area contributed by atoms with Gasteiger partial charge < -0.3 is 4.74 Å². The van der Waals surface area contributed by atoms with Crippen LogP contribution in [0.15, 0.2) is 24.3 Å². The standard InChI is InChI=1S/C16H18F2O2/c1-11-2-4-12(5-3-11)10-13-6-8-15(16(13,17)18)9-7-14(19)20-15/h2-5,13H,6-10H2,1H3. The molecule has 2 unspecified atom stereocenters. The molecule has 4 heteroatoms. The van der Waals surface area contributed by atoms with Crippen molar-refractivity contribution in [3.05, 3.63) is 35.4 Å². The summed E-state index contributed by atoms with van der Waals surface area (Å²) < 4.78 is 34.3. The van der Waals surface area contributed by atoms with Gasteiger partial charge in [-0.1, -0.05) is 29.8 Å². The van der Waals surface area contributed by atoms with Gasteiger partial charge in [0.05, 0.1) is 0 Å². The average molecular weight is 280 g/mol. The Balaban J connectivity index is 1.79. The van der Waals surface area contributed by atoms with Crippen LogP contribution in [0.25, 0.3) is 0 Å². The quantitative estimate of drug-likeness (QED) is 0.773. The van der Waals surface area contributed by atoms with E-state index in [9.17, 15) is 13.6 Å². The third-order valence-electron chi connectivity index (χ3n) is 4.66. The molecular formula is C16H18F2O2. The Morgan fingerprint density at radius 3 is 2.55 bits per heavy atom. The number of alkyl halides is 2. The van der Waals surface area contributed by atoms with Gasteiger partial charge in [0.1, 0.15) is 0 Å². The fourth-order valence-electron chi connectivity index (χ4n) is 3.40. The first-order chi connectivity index (χ1) is 9.43. The smallest absolute Gasteiger partial charge is 0.306 e. The molecule has 1 heterocycles. The van der Waals surface area contributed by atoms with Crippen molar-refractivity contribution >= 4 is 5.97 Å². The molecule has 1 aliphatic heterocycles. The van der Waals surface area contributed by atoms with Crippen molar-refractivity contribution in [1.29, 1.82) is 0 Å². The van der Waals surface area contributed by atoms with Crippen molar-refractivity contribution in [3.8, 4) is 0 Å². The number of halogens is 2. The van der Waals surface area contributed by atoms with Crippen LogP contribution in [0.3, 0.4) is 0 Å². The lowest BCUT2D eigenvalue weighted by atomic mass is 9.89. The van der Waals surface area contributed by atoms with Crippen molar-refractivity contribution in [2.24, 2.45) is 5.92 Å². The second-order valence-electron chi connectivity index (χ2n) is 6.02. The number of esters is 1. The minimum absolute atomic E-state index is 0.118. The van der Waals surface area contributed by atoms with Gasteiger partial charge in [0.15, 0.2) is 5.60 Å². The Kier molecular flexibility index (Phi) is 3.07. The van der Waals surface area contributed by atoms with Crippen molar-refractivity contribution in [2.45, 2.75) is 50.6 Å². The van der Waals surface area contributed by atoms with Gasteiger partial charge in [-0.3, -0.25) is 4.79 Å². The summed E-state index contributed by atoms with van der Waals surface area (Å²) in [4.78, 5) is 11.2. The van der Waals surface area contributed by atoms with E-state index in [2.05, 4.69) is 0 Å². The molecule has 2 atom stereocenters. The summed E-state index contributed by atoms with van der Waals surface area (Å²) in [5.74, 6) is -4.15. The lowest BCUT2D eigenvalue weighted by Gasteiger charge is -2.32. The molecule has 2 nitrogen and oxygen atoms in total. The van der Waals surface area contributed by atoms with E-state index < -0.39 is 23.4 Å². The van der Waals surface area contributed by atoms with Gasteiger partial charge >= 0.3 is 5.97 Å². The highest BCUT2D eigenvalue weighted by molar-refractivity contribution is 5.72. The van der Waals surface area contributed by atoms with Gasteiger partial charge in [-0.05, 0) is 31.7 Å². The van der Waals surface area contributed by atoms with Crippen molar-refractivity contribution in [1.82, 2.24) is 0 Å². The maximum atomic E-state index is 14.6. The largest absolute Gasteiger partial charge is 0.453 e. The van der Waals surface area contributed by atoms with E-state index >= 15 is 0 Å². The maximum absolute atomic E-state index is 14.6. The summed E-state index contributed by atoms with van der Waals surface area (Å²) in [6.45, 7) is 1.97. The van der Waals surface area contributed by atoms with Crippen LogP contribution in [0, 0.1) is 12.8 Å². The first kappa shape index (κ1) is 13.5. The average Bonchev–Trinajstić information content (AvgIpc) is 2.89. The van der Waals surface area contributed by atoms with Gasteiger partial charge in [0.2, 0.25) is 0 Å². The number of ether oxygens (including phenoxy) is 1. The molecule has 20 heavy (non-hydrogen) atoms. The zero-order chi connectivity index (χ0) is 14.4. The number of carbonyl (C=O) groups is 1. The third-order valence-corrected chi connectivity index (χ3v) is 4.66. The lowest BCUT2D eigenvalue weighted by molar-refractivity contribution is -0.194. The molecule has 108 valence electrons. The maximum Gasteiger partial charge on any atom is 0.306 e. The van der Waals surface area contributed by atoms with Gasteiger partial charge in [-0.15, -0.1) is 0 Å². The molecule has 0 N–H and O–H groups in total. The van der Waals surface area contributed by atoms with E-state index in [4.69, 9.17) is 4.74 Å². The molecule has 2 aliphatic rings. The van der Waals surface area contributed by atoms with Gasteiger partial charge in [0, 0.05) is 18.8 Å². The van der Waals surface area contributed by atoms with Gasteiger partial charge in [-0.25, -0.2) is 8.78 Å². The molecule has 0 bridgehead atoms.